The van der Waals surface area contributed by atoms with Crippen molar-refractivity contribution in [3.63, 3.8) is 0 Å². The van der Waals surface area contributed by atoms with Crippen LogP contribution >= 0.6 is 0 Å². The van der Waals surface area contributed by atoms with Gasteiger partial charge >= 0.3 is 0 Å². The maximum Gasteiger partial charge on any atom is 0.0695 e. The van der Waals surface area contributed by atoms with Gasteiger partial charge in [0.25, 0.3) is 0 Å². The van der Waals surface area contributed by atoms with E-state index in [2.05, 4.69) is 16.0 Å². The highest BCUT2D eigenvalue weighted by Gasteiger charge is 2.13. The van der Waals surface area contributed by atoms with E-state index in [1.165, 1.54) is 32.1 Å². The van der Waals surface area contributed by atoms with Crippen LogP contribution in [0.2, 0.25) is 0 Å². The summed E-state index contributed by atoms with van der Waals surface area (Å²) in [5.41, 5.74) is 0. The van der Waals surface area contributed by atoms with Crippen LogP contribution in [0.25, 0.3) is 0 Å². The quantitative estimate of drug-likeness (QED) is 0.551. The summed E-state index contributed by atoms with van der Waals surface area (Å²) in [5.74, 6) is 0. The second-order valence-electron chi connectivity index (χ2n) is 3.87. The van der Waals surface area contributed by atoms with E-state index < -0.39 is 0 Å². The largest absolute Gasteiger partial charge is 0.311 e. The first-order chi connectivity index (χ1) is 6.36. The van der Waals surface area contributed by atoms with Crippen LogP contribution in [-0.2, 0) is 0 Å². The van der Waals surface area contributed by atoms with Crippen LogP contribution in [0.15, 0.2) is 0 Å². The van der Waals surface area contributed by atoms with Crippen LogP contribution in [0, 0.1) is 0 Å². The third-order valence-electron chi connectivity index (χ3n) is 2.91. The van der Waals surface area contributed by atoms with Crippen molar-refractivity contribution >= 4 is 0 Å². The average molecular weight is 185 g/mol. The van der Waals surface area contributed by atoms with Crippen molar-refractivity contribution in [3.8, 4) is 0 Å². The van der Waals surface area contributed by atoms with Crippen LogP contribution in [0.1, 0.15) is 32.1 Å². The predicted octanol–water partition coefficient (Wildman–Crippen LogP) is 0.674. The monoisotopic (exact) mass is 185 g/mol. The molecule has 1 fully saturated rings. The topological polar surface area (TPSA) is 36.1 Å². The molecule has 0 aromatic heterocycles. The van der Waals surface area contributed by atoms with Gasteiger partial charge in [-0.15, -0.1) is 0 Å². The van der Waals surface area contributed by atoms with Crippen molar-refractivity contribution in [2.75, 3.05) is 20.6 Å². The number of nitrogens with one attached hydrogen (secondary N) is 3. The van der Waals surface area contributed by atoms with Gasteiger partial charge in [-0.2, -0.15) is 0 Å². The summed E-state index contributed by atoms with van der Waals surface area (Å²) in [6.45, 7) is 1.03. The van der Waals surface area contributed by atoms with Gasteiger partial charge in [-0.3, -0.25) is 0 Å². The van der Waals surface area contributed by atoms with Crippen LogP contribution < -0.4 is 16.0 Å². The molecule has 0 atom stereocenters. The highest BCUT2D eigenvalue weighted by molar-refractivity contribution is 4.74. The van der Waals surface area contributed by atoms with E-state index >= 15 is 0 Å². The first-order valence-electron chi connectivity index (χ1n) is 5.44. The Morgan fingerprint density at radius 2 is 1.69 bits per heavy atom. The SMILES string of the molecule is CNC(CNC1CCCCC1)NC. The molecule has 0 aromatic rings. The van der Waals surface area contributed by atoms with Gasteiger partial charge in [0.2, 0.25) is 0 Å². The summed E-state index contributed by atoms with van der Waals surface area (Å²) in [6.07, 6.45) is 7.37. The summed E-state index contributed by atoms with van der Waals surface area (Å²) in [6, 6.07) is 0.762. The van der Waals surface area contributed by atoms with E-state index in [-0.39, 0.29) is 0 Å². The third kappa shape index (κ3) is 4.07. The lowest BCUT2D eigenvalue weighted by molar-refractivity contribution is 0.345. The molecule has 78 valence electrons. The Bertz CT molecular complexity index is 117. The van der Waals surface area contributed by atoms with Crippen LogP contribution in [-0.4, -0.2) is 32.8 Å². The van der Waals surface area contributed by atoms with Crippen molar-refractivity contribution in [3.05, 3.63) is 0 Å². The van der Waals surface area contributed by atoms with E-state index in [4.69, 9.17) is 0 Å². The molecule has 1 aliphatic rings. The van der Waals surface area contributed by atoms with Crippen molar-refractivity contribution in [1.29, 1.82) is 0 Å². The van der Waals surface area contributed by atoms with Gasteiger partial charge in [0.15, 0.2) is 0 Å². The minimum Gasteiger partial charge on any atom is -0.311 e. The zero-order valence-electron chi connectivity index (χ0n) is 8.90. The minimum atomic E-state index is 0.405. The third-order valence-corrected chi connectivity index (χ3v) is 2.91. The lowest BCUT2D eigenvalue weighted by Gasteiger charge is -2.25. The van der Waals surface area contributed by atoms with Crippen molar-refractivity contribution in [2.45, 2.75) is 44.3 Å². The fourth-order valence-corrected chi connectivity index (χ4v) is 1.94. The van der Waals surface area contributed by atoms with Gasteiger partial charge in [-0.05, 0) is 26.9 Å². The Hall–Kier alpha value is -0.120. The summed E-state index contributed by atoms with van der Waals surface area (Å²) in [5, 5.41) is 10.0. The van der Waals surface area contributed by atoms with E-state index in [0.717, 1.165) is 12.6 Å². The summed E-state index contributed by atoms with van der Waals surface area (Å²) in [7, 11) is 3.98. The zero-order valence-corrected chi connectivity index (χ0v) is 8.90. The summed E-state index contributed by atoms with van der Waals surface area (Å²) < 4.78 is 0. The first-order valence-corrected chi connectivity index (χ1v) is 5.44. The minimum absolute atomic E-state index is 0.405. The van der Waals surface area contributed by atoms with Gasteiger partial charge < -0.3 is 16.0 Å². The molecule has 0 bridgehead atoms. The number of rotatable bonds is 5. The second kappa shape index (κ2) is 6.35. The molecule has 3 N–H and O–H groups in total. The standard InChI is InChI=1S/C10H23N3/c1-11-10(12-2)8-13-9-6-4-3-5-7-9/h9-13H,3-8H2,1-2H3. The van der Waals surface area contributed by atoms with E-state index in [1.54, 1.807) is 0 Å². The molecule has 1 saturated carbocycles. The normalized spacial score (nSPS) is 19.6. The van der Waals surface area contributed by atoms with Crippen molar-refractivity contribution in [1.82, 2.24) is 16.0 Å². The van der Waals surface area contributed by atoms with Gasteiger partial charge in [-0.1, -0.05) is 19.3 Å². The molecule has 3 nitrogen and oxygen atoms in total. The van der Waals surface area contributed by atoms with Crippen LogP contribution in [0.4, 0.5) is 0 Å². The average Bonchev–Trinajstić information content (AvgIpc) is 2.21. The first kappa shape index (κ1) is 11.0. The fraction of sp³-hybridized carbons (Fsp3) is 1.00. The number of likely N-dealkylation sites (N-methyl/N-ethyl adjacent to an activating group) is 2. The molecule has 0 heterocycles. The molecule has 0 radical (unpaired) electrons. The van der Waals surface area contributed by atoms with Crippen LogP contribution in [0.5, 0.6) is 0 Å². The van der Waals surface area contributed by atoms with E-state index in [0.29, 0.717) is 6.17 Å². The molecule has 0 aromatic carbocycles. The Labute approximate surface area is 81.7 Å². The summed E-state index contributed by atoms with van der Waals surface area (Å²) in [4.78, 5) is 0. The maximum absolute atomic E-state index is 3.60. The Morgan fingerprint density at radius 3 is 2.23 bits per heavy atom. The molecule has 1 rings (SSSR count). The highest BCUT2D eigenvalue weighted by Crippen LogP contribution is 2.16. The fourth-order valence-electron chi connectivity index (χ4n) is 1.94. The van der Waals surface area contributed by atoms with Gasteiger partial charge in [0, 0.05) is 12.6 Å². The summed E-state index contributed by atoms with van der Waals surface area (Å²) >= 11 is 0. The zero-order chi connectivity index (χ0) is 9.52. The predicted molar refractivity (Wildman–Crippen MR) is 56.8 cm³/mol. The van der Waals surface area contributed by atoms with Crippen LogP contribution in [0.3, 0.4) is 0 Å². The van der Waals surface area contributed by atoms with E-state index in [9.17, 15) is 0 Å². The molecule has 13 heavy (non-hydrogen) atoms. The Balaban J connectivity index is 2.09. The second-order valence-corrected chi connectivity index (χ2v) is 3.87. The molecule has 0 saturated heterocycles. The van der Waals surface area contributed by atoms with Gasteiger partial charge in [-0.25, -0.2) is 0 Å². The highest BCUT2D eigenvalue weighted by atomic mass is 15.1. The smallest absolute Gasteiger partial charge is 0.0695 e. The number of hydrogen-bond acceptors (Lipinski definition) is 3. The molecular weight excluding hydrogens is 162 g/mol. The van der Waals surface area contributed by atoms with Gasteiger partial charge in [0.05, 0.1) is 6.17 Å². The Morgan fingerprint density at radius 1 is 1.08 bits per heavy atom. The molecular formula is C10H23N3. The Kier molecular flexibility index (Phi) is 5.35. The maximum atomic E-state index is 3.60. The van der Waals surface area contributed by atoms with Gasteiger partial charge in [0.1, 0.15) is 0 Å². The molecule has 0 aliphatic heterocycles. The lowest BCUT2D eigenvalue weighted by Crippen LogP contribution is -2.48. The van der Waals surface area contributed by atoms with E-state index in [1.807, 2.05) is 14.1 Å². The van der Waals surface area contributed by atoms with Crippen molar-refractivity contribution in [2.24, 2.45) is 0 Å². The lowest BCUT2D eigenvalue weighted by atomic mass is 9.95. The molecule has 0 amide bonds. The molecule has 3 heteroatoms. The molecule has 0 unspecified atom stereocenters. The number of hydrogen-bond donors (Lipinski definition) is 3. The molecule has 1 aliphatic carbocycles. The molecule has 0 spiro atoms. The van der Waals surface area contributed by atoms with Crippen molar-refractivity contribution < 1.29 is 0 Å².